The van der Waals surface area contributed by atoms with E-state index in [0.29, 0.717) is 13.0 Å². The van der Waals surface area contributed by atoms with Crippen LogP contribution in [0.3, 0.4) is 0 Å². The van der Waals surface area contributed by atoms with Crippen molar-refractivity contribution in [3.05, 3.63) is 33.8 Å². The number of nitrogens with zero attached hydrogens (tertiary/aromatic N) is 1. The third kappa shape index (κ3) is 3.82. The molecule has 1 aromatic rings. The molecule has 0 amide bonds. The summed E-state index contributed by atoms with van der Waals surface area (Å²) in [5, 5.41) is 9.07. The molecule has 0 saturated heterocycles. The van der Waals surface area contributed by atoms with Crippen LogP contribution >= 0.6 is 15.9 Å². The summed E-state index contributed by atoms with van der Waals surface area (Å²) in [6.45, 7) is 4.57. The summed E-state index contributed by atoms with van der Waals surface area (Å²) >= 11 is 3.45. The number of carbonyl (C=O) groups is 1. The molecule has 1 unspecified atom stereocenters. The zero-order valence-corrected chi connectivity index (χ0v) is 12.0. The van der Waals surface area contributed by atoms with Gasteiger partial charge in [0.25, 0.3) is 0 Å². The third-order valence-corrected chi connectivity index (χ3v) is 3.75. The van der Waals surface area contributed by atoms with Crippen LogP contribution in [0.25, 0.3) is 0 Å². The number of rotatable bonds is 5. The van der Waals surface area contributed by atoms with Crippen LogP contribution in [0.15, 0.2) is 22.7 Å². The van der Waals surface area contributed by atoms with Gasteiger partial charge in [-0.2, -0.15) is 0 Å². The lowest BCUT2D eigenvalue weighted by molar-refractivity contribution is -0.143. The smallest absolute Gasteiger partial charge is 0.320 e. The second-order valence-electron chi connectivity index (χ2n) is 4.26. The van der Waals surface area contributed by atoms with Crippen molar-refractivity contribution >= 4 is 21.9 Å². The summed E-state index contributed by atoms with van der Waals surface area (Å²) in [4.78, 5) is 12.9. The minimum absolute atomic E-state index is 0.418. The number of carboxylic acid groups (broad SMARTS) is 1. The van der Waals surface area contributed by atoms with Gasteiger partial charge in [-0.25, -0.2) is 0 Å². The Kier molecular flexibility index (Phi) is 5.15. The van der Waals surface area contributed by atoms with Crippen molar-refractivity contribution in [3.8, 4) is 0 Å². The second-order valence-corrected chi connectivity index (χ2v) is 5.12. The number of carboxylic acids is 1. The number of hydrogen-bond donors (Lipinski definition) is 1. The molecule has 1 N–H and O–H groups in total. The minimum Gasteiger partial charge on any atom is -0.480 e. The molecule has 0 aliphatic rings. The van der Waals surface area contributed by atoms with Gasteiger partial charge in [0.1, 0.15) is 6.04 Å². The van der Waals surface area contributed by atoms with Gasteiger partial charge in [0.15, 0.2) is 0 Å². The Balaban J connectivity index is 2.76. The normalized spacial score (nSPS) is 12.8. The van der Waals surface area contributed by atoms with Gasteiger partial charge in [0, 0.05) is 11.0 Å². The highest BCUT2D eigenvalue weighted by Crippen LogP contribution is 2.18. The zero-order chi connectivity index (χ0) is 13.0. The standard InChI is InChI=1S/C13H18BrNO2/c1-4-12(13(16)17)15(3)8-10-5-6-11(14)9(2)7-10/h5-7,12H,4,8H2,1-3H3,(H,16,17). The van der Waals surface area contributed by atoms with Crippen LogP contribution in [0.1, 0.15) is 24.5 Å². The SMILES string of the molecule is CCC(C(=O)O)N(C)Cc1ccc(Br)c(C)c1. The summed E-state index contributed by atoms with van der Waals surface area (Å²) in [5.41, 5.74) is 2.30. The molecule has 17 heavy (non-hydrogen) atoms. The van der Waals surface area contributed by atoms with Gasteiger partial charge in [-0.3, -0.25) is 9.69 Å². The maximum Gasteiger partial charge on any atom is 0.320 e. The Labute approximate surface area is 111 Å². The molecule has 0 fully saturated rings. The van der Waals surface area contributed by atoms with Crippen molar-refractivity contribution in [2.45, 2.75) is 32.9 Å². The van der Waals surface area contributed by atoms with Crippen molar-refractivity contribution in [1.82, 2.24) is 4.90 Å². The van der Waals surface area contributed by atoms with E-state index in [0.717, 1.165) is 10.0 Å². The lowest BCUT2D eigenvalue weighted by Crippen LogP contribution is -2.37. The van der Waals surface area contributed by atoms with Crippen LogP contribution < -0.4 is 0 Å². The molecular weight excluding hydrogens is 282 g/mol. The number of likely N-dealkylation sites (N-methyl/N-ethyl adjacent to an activating group) is 1. The highest BCUT2D eigenvalue weighted by atomic mass is 79.9. The molecule has 1 aromatic carbocycles. The quantitative estimate of drug-likeness (QED) is 0.908. The Hall–Kier alpha value is -0.870. The van der Waals surface area contributed by atoms with Gasteiger partial charge in [-0.15, -0.1) is 0 Å². The lowest BCUT2D eigenvalue weighted by Gasteiger charge is -2.23. The molecule has 0 bridgehead atoms. The van der Waals surface area contributed by atoms with Crippen molar-refractivity contribution in [2.75, 3.05) is 7.05 Å². The molecule has 0 saturated carbocycles. The van der Waals surface area contributed by atoms with Crippen LogP contribution in [-0.2, 0) is 11.3 Å². The summed E-state index contributed by atoms with van der Waals surface area (Å²) in [5.74, 6) is -0.760. The fraction of sp³-hybridized carbons (Fsp3) is 0.462. The maximum absolute atomic E-state index is 11.0. The van der Waals surface area contributed by atoms with E-state index < -0.39 is 12.0 Å². The molecule has 0 aliphatic carbocycles. The van der Waals surface area contributed by atoms with Gasteiger partial charge in [0.2, 0.25) is 0 Å². The van der Waals surface area contributed by atoms with E-state index in [2.05, 4.69) is 22.0 Å². The second kappa shape index (κ2) is 6.17. The predicted molar refractivity (Wildman–Crippen MR) is 72.1 cm³/mol. The molecule has 0 heterocycles. The number of halogens is 1. The van der Waals surface area contributed by atoms with E-state index in [9.17, 15) is 4.79 Å². The molecule has 1 atom stereocenters. The number of benzene rings is 1. The minimum atomic E-state index is -0.760. The first-order valence-corrected chi connectivity index (χ1v) is 6.43. The Bertz CT molecular complexity index is 406. The van der Waals surface area contributed by atoms with Crippen LogP contribution in [-0.4, -0.2) is 29.1 Å². The highest BCUT2D eigenvalue weighted by Gasteiger charge is 2.20. The van der Waals surface area contributed by atoms with Gasteiger partial charge < -0.3 is 5.11 Å². The summed E-state index contributed by atoms with van der Waals surface area (Å²) in [6.07, 6.45) is 0.612. The van der Waals surface area contributed by atoms with E-state index in [1.165, 1.54) is 5.56 Å². The first-order chi connectivity index (χ1) is 7.95. The van der Waals surface area contributed by atoms with E-state index in [-0.39, 0.29) is 0 Å². The number of aryl methyl sites for hydroxylation is 1. The molecule has 0 radical (unpaired) electrons. The Morgan fingerprint density at radius 2 is 2.18 bits per heavy atom. The molecule has 1 rings (SSSR count). The molecule has 3 nitrogen and oxygen atoms in total. The lowest BCUT2D eigenvalue weighted by atomic mass is 10.1. The Morgan fingerprint density at radius 3 is 2.65 bits per heavy atom. The maximum atomic E-state index is 11.0. The fourth-order valence-electron chi connectivity index (χ4n) is 1.88. The highest BCUT2D eigenvalue weighted by molar-refractivity contribution is 9.10. The van der Waals surface area contributed by atoms with Gasteiger partial charge in [-0.05, 0) is 37.6 Å². The number of hydrogen-bond acceptors (Lipinski definition) is 2. The topological polar surface area (TPSA) is 40.5 Å². The average Bonchev–Trinajstić information content (AvgIpc) is 2.24. The van der Waals surface area contributed by atoms with Crippen LogP contribution in [0, 0.1) is 6.92 Å². The van der Waals surface area contributed by atoms with Gasteiger partial charge >= 0.3 is 5.97 Å². The number of aliphatic carboxylic acids is 1. The summed E-state index contributed by atoms with van der Waals surface area (Å²) in [7, 11) is 1.85. The van der Waals surface area contributed by atoms with Crippen LogP contribution in [0.4, 0.5) is 0 Å². The summed E-state index contributed by atoms with van der Waals surface area (Å²) < 4.78 is 1.08. The molecular formula is C13H18BrNO2. The molecule has 0 aliphatic heterocycles. The average molecular weight is 300 g/mol. The molecule has 4 heteroatoms. The first-order valence-electron chi connectivity index (χ1n) is 5.63. The summed E-state index contributed by atoms with van der Waals surface area (Å²) in [6, 6.07) is 5.68. The van der Waals surface area contributed by atoms with Crippen molar-refractivity contribution in [2.24, 2.45) is 0 Å². The van der Waals surface area contributed by atoms with Crippen molar-refractivity contribution in [1.29, 1.82) is 0 Å². The fourth-order valence-corrected chi connectivity index (χ4v) is 2.12. The van der Waals surface area contributed by atoms with Crippen molar-refractivity contribution in [3.63, 3.8) is 0 Å². The molecule has 94 valence electrons. The van der Waals surface area contributed by atoms with E-state index in [1.807, 2.05) is 37.9 Å². The van der Waals surface area contributed by atoms with Gasteiger partial charge in [0.05, 0.1) is 0 Å². The molecule has 0 aromatic heterocycles. The van der Waals surface area contributed by atoms with Gasteiger partial charge in [-0.1, -0.05) is 35.0 Å². The van der Waals surface area contributed by atoms with E-state index >= 15 is 0 Å². The zero-order valence-electron chi connectivity index (χ0n) is 10.4. The van der Waals surface area contributed by atoms with E-state index in [4.69, 9.17) is 5.11 Å². The third-order valence-electron chi connectivity index (χ3n) is 2.86. The van der Waals surface area contributed by atoms with Crippen LogP contribution in [0.5, 0.6) is 0 Å². The molecule has 0 spiro atoms. The Morgan fingerprint density at radius 1 is 1.53 bits per heavy atom. The first kappa shape index (κ1) is 14.2. The van der Waals surface area contributed by atoms with Crippen molar-refractivity contribution < 1.29 is 9.90 Å². The monoisotopic (exact) mass is 299 g/mol. The van der Waals surface area contributed by atoms with E-state index in [1.54, 1.807) is 0 Å². The van der Waals surface area contributed by atoms with Crippen LogP contribution in [0.2, 0.25) is 0 Å². The largest absolute Gasteiger partial charge is 0.480 e. The predicted octanol–water partition coefficient (Wildman–Crippen LogP) is 3.05.